The summed E-state index contributed by atoms with van der Waals surface area (Å²) in [5.74, 6) is 0.838. The van der Waals surface area contributed by atoms with Crippen LogP contribution in [0.4, 0.5) is 5.13 Å². The molecule has 1 fully saturated rings. The Morgan fingerprint density at radius 2 is 2.13 bits per heavy atom. The van der Waals surface area contributed by atoms with E-state index in [-0.39, 0.29) is 5.91 Å². The molecule has 7 heteroatoms. The van der Waals surface area contributed by atoms with Gasteiger partial charge in [0.15, 0.2) is 11.2 Å². The Hall–Kier alpha value is -1.79. The molecular formula is C16H16ClN3O2S. The molecule has 0 radical (unpaired) electrons. The predicted molar refractivity (Wildman–Crippen MR) is 90.5 cm³/mol. The van der Waals surface area contributed by atoms with Crippen LogP contribution in [0.3, 0.4) is 0 Å². The van der Waals surface area contributed by atoms with E-state index in [2.05, 4.69) is 9.88 Å². The van der Waals surface area contributed by atoms with Crippen LogP contribution in [0, 0.1) is 0 Å². The van der Waals surface area contributed by atoms with E-state index in [1.165, 1.54) is 0 Å². The average Bonchev–Trinajstić information content (AvgIpc) is 3.23. The van der Waals surface area contributed by atoms with Crippen molar-refractivity contribution in [3.05, 3.63) is 40.4 Å². The van der Waals surface area contributed by atoms with E-state index in [9.17, 15) is 4.79 Å². The molecule has 1 aromatic heterocycles. The molecule has 0 spiro atoms. The van der Waals surface area contributed by atoms with Crippen molar-refractivity contribution in [1.82, 2.24) is 9.88 Å². The Morgan fingerprint density at radius 3 is 2.87 bits per heavy atom. The lowest BCUT2D eigenvalue weighted by molar-refractivity contribution is -0.138. The fraction of sp³-hybridized carbons (Fsp3) is 0.375. The highest BCUT2D eigenvalue weighted by atomic mass is 35.5. The molecule has 1 saturated heterocycles. The molecule has 1 unspecified atom stereocenters. The van der Waals surface area contributed by atoms with Crippen molar-refractivity contribution in [3.63, 3.8) is 0 Å². The number of rotatable bonds is 2. The summed E-state index contributed by atoms with van der Waals surface area (Å²) in [5, 5.41) is 3.68. The monoisotopic (exact) mass is 349 g/mol. The van der Waals surface area contributed by atoms with E-state index in [1.807, 2.05) is 28.6 Å². The molecule has 5 nitrogen and oxygen atoms in total. The number of nitrogens with zero attached hydrogens (tertiary/aromatic N) is 3. The molecule has 1 atom stereocenters. The average molecular weight is 350 g/mol. The molecule has 0 saturated carbocycles. The molecular weight excluding hydrogens is 334 g/mol. The summed E-state index contributed by atoms with van der Waals surface area (Å²) in [6.45, 7) is 3.03. The van der Waals surface area contributed by atoms with Gasteiger partial charge in [-0.1, -0.05) is 11.6 Å². The van der Waals surface area contributed by atoms with E-state index in [4.69, 9.17) is 16.3 Å². The molecule has 0 N–H and O–H groups in total. The number of carbonyl (C=O) groups is 1. The molecule has 4 rings (SSSR count). The van der Waals surface area contributed by atoms with Crippen LogP contribution in [0.1, 0.15) is 5.56 Å². The van der Waals surface area contributed by atoms with Gasteiger partial charge < -0.3 is 14.5 Å². The van der Waals surface area contributed by atoms with Gasteiger partial charge in [-0.15, -0.1) is 11.3 Å². The summed E-state index contributed by atoms with van der Waals surface area (Å²) >= 11 is 7.63. The summed E-state index contributed by atoms with van der Waals surface area (Å²) < 4.78 is 5.80. The highest BCUT2D eigenvalue weighted by Gasteiger charge is 2.34. The van der Waals surface area contributed by atoms with E-state index >= 15 is 0 Å². The van der Waals surface area contributed by atoms with Gasteiger partial charge in [0.2, 0.25) is 0 Å². The molecule has 0 bridgehead atoms. The van der Waals surface area contributed by atoms with Crippen LogP contribution in [-0.2, 0) is 11.2 Å². The van der Waals surface area contributed by atoms with Crippen LogP contribution in [-0.4, -0.2) is 48.1 Å². The van der Waals surface area contributed by atoms with Gasteiger partial charge in [0.25, 0.3) is 5.91 Å². The first-order valence-electron chi connectivity index (χ1n) is 7.59. The number of anilines is 1. The highest BCUT2D eigenvalue weighted by Crippen LogP contribution is 2.32. The van der Waals surface area contributed by atoms with E-state index in [0.29, 0.717) is 24.5 Å². The first-order chi connectivity index (χ1) is 11.2. The van der Waals surface area contributed by atoms with Gasteiger partial charge in [-0.3, -0.25) is 4.79 Å². The number of thiazole rings is 1. The molecule has 120 valence electrons. The predicted octanol–water partition coefficient (Wildman–Crippen LogP) is 2.45. The van der Waals surface area contributed by atoms with Gasteiger partial charge in [-0.2, -0.15) is 0 Å². The number of ether oxygens (including phenoxy) is 1. The smallest absolute Gasteiger partial charge is 0.264 e. The van der Waals surface area contributed by atoms with E-state index < -0.39 is 6.10 Å². The second-order valence-corrected chi connectivity index (χ2v) is 7.00. The van der Waals surface area contributed by atoms with Gasteiger partial charge in [0.1, 0.15) is 5.75 Å². The van der Waals surface area contributed by atoms with Crippen LogP contribution < -0.4 is 9.64 Å². The quantitative estimate of drug-likeness (QED) is 0.835. The molecule has 2 aliphatic heterocycles. The van der Waals surface area contributed by atoms with Crippen LogP contribution in [0.25, 0.3) is 0 Å². The Kier molecular flexibility index (Phi) is 3.87. The Balaban J connectivity index is 1.38. The lowest BCUT2D eigenvalue weighted by Crippen LogP contribution is -2.52. The van der Waals surface area contributed by atoms with E-state index in [0.717, 1.165) is 29.5 Å². The van der Waals surface area contributed by atoms with Crippen molar-refractivity contribution in [2.75, 3.05) is 31.1 Å². The Labute approximate surface area is 143 Å². The van der Waals surface area contributed by atoms with Crippen LogP contribution in [0.15, 0.2) is 29.8 Å². The third-order valence-electron chi connectivity index (χ3n) is 4.25. The molecule has 1 aromatic carbocycles. The minimum Gasteiger partial charge on any atom is -0.480 e. The first kappa shape index (κ1) is 14.8. The number of amides is 1. The molecule has 1 amide bonds. The van der Waals surface area contributed by atoms with Gasteiger partial charge in [-0.05, 0) is 23.8 Å². The largest absolute Gasteiger partial charge is 0.480 e. The molecule has 0 aliphatic carbocycles. The summed E-state index contributed by atoms with van der Waals surface area (Å²) in [5.41, 5.74) is 1.01. The molecule has 2 aliphatic rings. The number of halogens is 1. The van der Waals surface area contributed by atoms with Crippen molar-refractivity contribution in [2.45, 2.75) is 12.5 Å². The van der Waals surface area contributed by atoms with Crippen LogP contribution >= 0.6 is 22.9 Å². The van der Waals surface area contributed by atoms with Crippen molar-refractivity contribution < 1.29 is 9.53 Å². The van der Waals surface area contributed by atoms with E-state index in [1.54, 1.807) is 17.4 Å². The summed E-state index contributed by atoms with van der Waals surface area (Å²) in [7, 11) is 0. The Morgan fingerprint density at radius 1 is 1.30 bits per heavy atom. The third-order valence-corrected chi connectivity index (χ3v) is 5.32. The number of piperazine rings is 1. The number of aromatic nitrogens is 1. The van der Waals surface area contributed by atoms with Gasteiger partial charge in [0, 0.05) is 49.2 Å². The molecule has 3 heterocycles. The fourth-order valence-electron chi connectivity index (χ4n) is 3.05. The standard InChI is InChI=1S/C16H16ClN3O2S/c17-12-1-2-13-11(9-12)10-14(22-13)15(21)19-4-6-20(7-5-19)16-18-3-8-23-16/h1-3,8-9,14H,4-7,10H2. The zero-order valence-electron chi connectivity index (χ0n) is 12.4. The lowest BCUT2D eigenvalue weighted by Gasteiger charge is -2.35. The van der Waals surface area contributed by atoms with Gasteiger partial charge in [0.05, 0.1) is 0 Å². The summed E-state index contributed by atoms with van der Waals surface area (Å²) in [6.07, 6.45) is 1.99. The third kappa shape index (κ3) is 2.88. The maximum Gasteiger partial charge on any atom is 0.264 e. The Bertz CT molecular complexity index is 714. The van der Waals surface area contributed by atoms with Crippen molar-refractivity contribution in [1.29, 1.82) is 0 Å². The minimum absolute atomic E-state index is 0.0658. The first-order valence-corrected chi connectivity index (χ1v) is 8.85. The zero-order chi connectivity index (χ0) is 15.8. The minimum atomic E-state index is -0.421. The van der Waals surface area contributed by atoms with Crippen molar-refractivity contribution in [3.8, 4) is 5.75 Å². The molecule has 23 heavy (non-hydrogen) atoms. The highest BCUT2D eigenvalue weighted by molar-refractivity contribution is 7.13. The maximum absolute atomic E-state index is 12.7. The van der Waals surface area contributed by atoms with Crippen LogP contribution in [0.2, 0.25) is 5.02 Å². The second-order valence-electron chi connectivity index (χ2n) is 5.69. The SMILES string of the molecule is O=C(C1Cc2cc(Cl)ccc2O1)N1CCN(c2nccs2)CC1. The number of fused-ring (bicyclic) bond motifs is 1. The zero-order valence-corrected chi connectivity index (χ0v) is 14.0. The van der Waals surface area contributed by atoms with Gasteiger partial charge in [-0.25, -0.2) is 4.98 Å². The topological polar surface area (TPSA) is 45.7 Å². The lowest BCUT2D eigenvalue weighted by atomic mass is 10.1. The normalized spacial score (nSPS) is 20.3. The van der Waals surface area contributed by atoms with Gasteiger partial charge >= 0.3 is 0 Å². The summed E-state index contributed by atoms with van der Waals surface area (Å²) in [4.78, 5) is 21.1. The maximum atomic E-state index is 12.7. The second kappa shape index (κ2) is 6.02. The number of hydrogen-bond acceptors (Lipinski definition) is 5. The number of hydrogen-bond donors (Lipinski definition) is 0. The molecule has 2 aromatic rings. The summed E-state index contributed by atoms with van der Waals surface area (Å²) in [6, 6.07) is 5.51. The van der Waals surface area contributed by atoms with Crippen molar-refractivity contribution >= 4 is 34.0 Å². The number of carbonyl (C=O) groups excluding carboxylic acids is 1. The van der Waals surface area contributed by atoms with Crippen LogP contribution in [0.5, 0.6) is 5.75 Å². The van der Waals surface area contributed by atoms with Crippen molar-refractivity contribution in [2.24, 2.45) is 0 Å². The fourth-order valence-corrected chi connectivity index (χ4v) is 3.94. The number of benzene rings is 1.